The van der Waals surface area contributed by atoms with Crippen LogP contribution in [0.3, 0.4) is 0 Å². The number of hydrogen-bond acceptors (Lipinski definition) is 3. The second-order valence-electron chi connectivity index (χ2n) is 3.02. The van der Waals surface area contributed by atoms with Gasteiger partial charge in [-0.2, -0.15) is 0 Å². The van der Waals surface area contributed by atoms with E-state index in [1.54, 1.807) is 24.3 Å². The van der Waals surface area contributed by atoms with Gasteiger partial charge in [-0.3, -0.25) is 4.79 Å². The topological polar surface area (TPSA) is 57.5 Å². The Morgan fingerprint density at radius 1 is 1.36 bits per heavy atom. The van der Waals surface area contributed by atoms with Gasteiger partial charge in [0.15, 0.2) is 5.78 Å². The number of hydrogen-bond donors (Lipinski definition) is 2. The molecule has 1 aromatic carbocycles. The number of aliphatic hydroxyl groups excluding tert-OH is 2. The molecule has 0 aliphatic heterocycles. The highest BCUT2D eigenvalue weighted by Crippen LogP contribution is 2.25. The average Bonchev–Trinajstić information content (AvgIpc) is 2.16. The van der Waals surface area contributed by atoms with Gasteiger partial charge in [0.25, 0.3) is 0 Å². The number of carbonyl (C=O) groups excluding carboxylic acids is 1. The van der Waals surface area contributed by atoms with Crippen LogP contribution in [0, 0.1) is 0 Å². The van der Waals surface area contributed by atoms with Crippen LogP contribution >= 0.6 is 11.6 Å². The summed E-state index contributed by atoms with van der Waals surface area (Å²) in [6, 6.07) is 6.54. The third-order valence-corrected chi connectivity index (χ3v) is 2.28. The molecule has 76 valence electrons. The van der Waals surface area contributed by atoms with Gasteiger partial charge in [0, 0.05) is 10.6 Å². The zero-order chi connectivity index (χ0) is 10.7. The number of benzene rings is 1. The highest BCUT2D eigenvalue weighted by molar-refractivity contribution is 6.31. The van der Waals surface area contributed by atoms with E-state index in [0.29, 0.717) is 10.6 Å². The van der Waals surface area contributed by atoms with E-state index in [1.165, 1.54) is 6.92 Å². The summed E-state index contributed by atoms with van der Waals surface area (Å²) in [7, 11) is 0. The van der Waals surface area contributed by atoms with E-state index >= 15 is 0 Å². The largest absolute Gasteiger partial charge is 0.385 e. The van der Waals surface area contributed by atoms with Crippen LogP contribution in [0.5, 0.6) is 0 Å². The standard InChI is InChI=1S/C10H11ClO3/c1-6(12)9(13)10(14)7-4-2-3-5-8(7)11/h2-5,9-10,13-14H,1H3/t9-,10-/m1/s1. The molecule has 2 atom stereocenters. The minimum absolute atomic E-state index is 0.334. The van der Waals surface area contributed by atoms with Gasteiger partial charge in [-0.1, -0.05) is 29.8 Å². The molecule has 0 radical (unpaired) electrons. The molecule has 1 aromatic rings. The summed E-state index contributed by atoms with van der Waals surface area (Å²) in [6.07, 6.45) is -2.68. The first-order valence-corrected chi connectivity index (χ1v) is 4.53. The fraction of sp³-hybridized carbons (Fsp3) is 0.300. The Hall–Kier alpha value is -0.900. The second kappa shape index (κ2) is 4.55. The van der Waals surface area contributed by atoms with Crippen molar-refractivity contribution in [3.8, 4) is 0 Å². The van der Waals surface area contributed by atoms with Gasteiger partial charge in [0.05, 0.1) is 0 Å². The molecule has 0 aromatic heterocycles. The van der Waals surface area contributed by atoms with E-state index in [-0.39, 0.29) is 0 Å². The first kappa shape index (κ1) is 11.2. The maximum atomic E-state index is 10.8. The fourth-order valence-electron chi connectivity index (χ4n) is 1.11. The third kappa shape index (κ3) is 2.32. The van der Waals surface area contributed by atoms with Crippen LogP contribution in [0.25, 0.3) is 0 Å². The molecular formula is C10H11ClO3. The molecule has 2 N–H and O–H groups in total. The quantitative estimate of drug-likeness (QED) is 0.798. The van der Waals surface area contributed by atoms with Gasteiger partial charge in [0.2, 0.25) is 0 Å². The molecule has 0 spiro atoms. The minimum atomic E-state index is -1.42. The Bertz CT molecular complexity index is 338. The van der Waals surface area contributed by atoms with E-state index in [1.807, 2.05) is 0 Å². The van der Waals surface area contributed by atoms with Crippen molar-refractivity contribution in [2.45, 2.75) is 19.1 Å². The van der Waals surface area contributed by atoms with Crippen molar-refractivity contribution in [2.75, 3.05) is 0 Å². The van der Waals surface area contributed by atoms with E-state index in [4.69, 9.17) is 11.6 Å². The smallest absolute Gasteiger partial charge is 0.161 e. The number of aliphatic hydroxyl groups is 2. The average molecular weight is 215 g/mol. The first-order valence-electron chi connectivity index (χ1n) is 4.15. The molecule has 0 bridgehead atoms. The van der Waals surface area contributed by atoms with Crippen molar-refractivity contribution in [3.63, 3.8) is 0 Å². The van der Waals surface area contributed by atoms with Crippen LogP contribution in [0.1, 0.15) is 18.6 Å². The molecule has 0 heterocycles. The van der Waals surface area contributed by atoms with Crippen LogP contribution in [-0.2, 0) is 4.79 Å². The van der Waals surface area contributed by atoms with Gasteiger partial charge < -0.3 is 10.2 Å². The summed E-state index contributed by atoms with van der Waals surface area (Å²) in [6.45, 7) is 1.21. The Balaban J connectivity index is 2.94. The lowest BCUT2D eigenvalue weighted by atomic mass is 10.0. The van der Waals surface area contributed by atoms with Gasteiger partial charge >= 0.3 is 0 Å². The Morgan fingerprint density at radius 3 is 2.43 bits per heavy atom. The van der Waals surface area contributed by atoms with Crippen molar-refractivity contribution in [3.05, 3.63) is 34.9 Å². The summed E-state index contributed by atoms with van der Waals surface area (Å²) >= 11 is 5.79. The Labute approximate surface area is 86.9 Å². The van der Waals surface area contributed by atoms with Crippen LogP contribution in [0.2, 0.25) is 5.02 Å². The zero-order valence-electron chi connectivity index (χ0n) is 7.64. The molecule has 14 heavy (non-hydrogen) atoms. The number of ketones is 1. The Kier molecular flexibility index (Phi) is 3.63. The molecule has 3 nitrogen and oxygen atoms in total. The van der Waals surface area contributed by atoms with E-state index in [0.717, 1.165) is 0 Å². The van der Waals surface area contributed by atoms with Crippen molar-refractivity contribution < 1.29 is 15.0 Å². The molecule has 0 saturated heterocycles. The molecule has 0 saturated carbocycles. The first-order chi connectivity index (χ1) is 6.54. The van der Waals surface area contributed by atoms with Gasteiger partial charge in [-0.15, -0.1) is 0 Å². The number of Topliss-reactive ketones (excluding diaryl/α,β-unsaturated/α-hetero) is 1. The lowest BCUT2D eigenvalue weighted by Crippen LogP contribution is -2.25. The van der Waals surface area contributed by atoms with Crippen LogP contribution in [0.4, 0.5) is 0 Å². The minimum Gasteiger partial charge on any atom is -0.385 e. The molecule has 0 amide bonds. The lowest BCUT2D eigenvalue weighted by molar-refractivity contribution is -0.130. The second-order valence-corrected chi connectivity index (χ2v) is 3.43. The van der Waals surface area contributed by atoms with Crippen molar-refractivity contribution in [1.29, 1.82) is 0 Å². The summed E-state index contributed by atoms with van der Waals surface area (Å²) in [5.74, 6) is -0.489. The van der Waals surface area contributed by atoms with Crippen LogP contribution in [0.15, 0.2) is 24.3 Å². The Morgan fingerprint density at radius 2 is 1.93 bits per heavy atom. The predicted molar refractivity (Wildman–Crippen MR) is 53.1 cm³/mol. The summed E-state index contributed by atoms with van der Waals surface area (Å²) in [4.78, 5) is 10.8. The molecule has 4 heteroatoms. The van der Waals surface area contributed by atoms with E-state index in [2.05, 4.69) is 0 Å². The molecular weight excluding hydrogens is 204 g/mol. The fourth-order valence-corrected chi connectivity index (χ4v) is 1.35. The van der Waals surface area contributed by atoms with Crippen molar-refractivity contribution >= 4 is 17.4 Å². The van der Waals surface area contributed by atoms with E-state index < -0.39 is 18.0 Å². The molecule has 0 aliphatic rings. The maximum Gasteiger partial charge on any atom is 0.161 e. The van der Waals surface area contributed by atoms with Crippen LogP contribution in [-0.4, -0.2) is 22.1 Å². The van der Waals surface area contributed by atoms with Crippen LogP contribution < -0.4 is 0 Å². The maximum absolute atomic E-state index is 10.8. The normalized spacial score (nSPS) is 14.9. The number of carbonyl (C=O) groups is 1. The summed E-state index contributed by atoms with van der Waals surface area (Å²) < 4.78 is 0. The van der Waals surface area contributed by atoms with Gasteiger partial charge in [-0.05, 0) is 13.0 Å². The molecule has 0 aliphatic carbocycles. The SMILES string of the molecule is CC(=O)[C@@H](O)[C@H](O)c1ccccc1Cl. The predicted octanol–water partition coefficient (Wildman–Crippen LogP) is 1.32. The third-order valence-electron chi connectivity index (χ3n) is 1.94. The number of halogens is 1. The molecule has 1 rings (SSSR count). The molecule has 0 fully saturated rings. The number of rotatable bonds is 3. The van der Waals surface area contributed by atoms with Gasteiger partial charge in [-0.25, -0.2) is 0 Å². The summed E-state index contributed by atoms with van der Waals surface area (Å²) in [5.41, 5.74) is 0.358. The monoisotopic (exact) mass is 214 g/mol. The zero-order valence-corrected chi connectivity index (χ0v) is 8.40. The molecule has 0 unspecified atom stereocenters. The summed E-state index contributed by atoms with van der Waals surface area (Å²) in [5, 5.41) is 19.2. The van der Waals surface area contributed by atoms with Gasteiger partial charge in [0.1, 0.15) is 12.2 Å². The van der Waals surface area contributed by atoms with Crippen molar-refractivity contribution in [1.82, 2.24) is 0 Å². The lowest BCUT2D eigenvalue weighted by Gasteiger charge is -2.16. The van der Waals surface area contributed by atoms with E-state index in [9.17, 15) is 15.0 Å². The van der Waals surface area contributed by atoms with Crippen molar-refractivity contribution in [2.24, 2.45) is 0 Å². The highest BCUT2D eigenvalue weighted by Gasteiger charge is 2.23. The highest BCUT2D eigenvalue weighted by atomic mass is 35.5.